The lowest BCUT2D eigenvalue weighted by Crippen LogP contribution is -2.35. The van der Waals surface area contributed by atoms with Crippen molar-refractivity contribution in [2.75, 3.05) is 13.2 Å². The second-order valence-electron chi connectivity index (χ2n) is 5.83. The molecular weight excluding hydrogens is 314 g/mol. The first-order chi connectivity index (χ1) is 11.5. The third-order valence-electron chi connectivity index (χ3n) is 4.03. The Morgan fingerprint density at radius 3 is 2.71 bits per heavy atom. The average molecular weight is 332 g/mol. The van der Waals surface area contributed by atoms with Crippen molar-refractivity contribution in [3.63, 3.8) is 0 Å². The van der Waals surface area contributed by atoms with Gasteiger partial charge in [0, 0.05) is 17.7 Å². The topological polar surface area (TPSA) is 64.3 Å². The zero-order valence-corrected chi connectivity index (χ0v) is 13.0. The van der Waals surface area contributed by atoms with Gasteiger partial charge in [0.15, 0.2) is 0 Å². The van der Waals surface area contributed by atoms with E-state index in [9.17, 15) is 13.6 Å². The number of hydrogen-bond acceptors (Lipinski definition) is 3. The van der Waals surface area contributed by atoms with E-state index in [0.29, 0.717) is 37.3 Å². The van der Waals surface area contributed by atoms with Gasteiger partial charge in [-0.3, -0.25) is 4.79 Å². The van der Waals surface area contributed by atoms with Crippen LogP contribution in [-0.4, -0.2) is 19.1 Å². The first-order valence-corrected chi connectivity index (χ1v) is 7.75. The van der Waals surface area contributed by atoms with Crippen LogP contribution >= 0.6 is 0 Å². The molecule has 2 aromatic rings. The fourth-order valence-corrected chi connectivity index (χ4v) is 2.64. The molecule has 1 amide bonds. The van der Waals surface area contributed by atoms with E-state index in [-0.39, 0.29) is 11.5 Å². The van der Waals surface area contributed by atoms with Crippen molar-refractivity contribution in [1.82, 2.24) is 5.32 Å². The Morgan fingerprint density at radius 2 is 2.00 bits per heavy atom. The van der Waals surface area contributed by atoms with Gasteiger partial charge < -0.3 is 15.8 Å². The number of rotatable bonds is 6. The lowest BCUT2D eigenvalue weighted by molar-refractivity contribution is 0.0929. The minimum atomic E-state index is -0.836. The molecule has 3 N–H and O–H groups in total. The molecular formula is C18H18F2N2O2. The van der Waals surface area contributed by atoms with Gasteiger partial charge in [0.25, 0.3) is 5.91 Å². The second-order valence-corrected chi connectivity index (χ2v) is 5.83. The molecule has 0 aliphatic heterocycles. The molecule has 0 heterocycles. The largest absolute Gasteiger partial charge is 0.492 e. The number of nitrogens with two attached hydrogens (primary N) is 1. The van der Waals surface area contributed by atoms with Crippen molar-refractivity contribution in [3.05, 3.63) is 65.2 Å². The molecule has 0 atom stereocenters. The van der Waals surface area contributed by atoms with Gasteiger partial charge >= 0.3 is 0 Å². The number of hydrogen-bond donors (Lipinski definition) is 2. The molecule has 2 aromatic carbocycles. The summed E-state index contributed by atoms with van der Waals surface area (Å²) in [6, 6.07) is 9.96. The highest BCUT2D eigenvalue weighted by atomic mass is 19.1. The van der Waals surface area contributed by atoms with Crippen LogP contribution in [0, 0.1) is 11.6 Å². The van der Waals surface area contributed by atoms with E-state index in [1.807, 2.05) is 0 Å². The zero-order valence-electron chi connectivity index (χ0n) is 13.0. The third kappa shape index (κ3) is 3.38. The first-order valence-electron chi connectivity index (χ1n) is 7.75. The summed E-state index contributed by atoms with van der Waals surface area (Å²) >= 11 is 0. The van der Waals surface area contributed by atoms with E-state index in [1.54, 1.807) is 24.3 Å². The Kier molecular flexibility index (Phi) is 4.49. The average Bonchev–Trinajstić information content (AvgIpc) is 3.36. The van der Waals surface area contributed by atoms with Crippen LogP contribution in [0.1, 0.15) is 28.8 Å². The maximum absolute atomic E-state index is 14.0. The van der Waals surface area contributed by atoms with E-state index in [4.69, 9.17) is 10.5 Å². The van der Waals surface area contributed by atoms with Crippen LogP contribution < -0.4 is 15.8 Å². The number of amides is 1. The molecule has 0 saturated heterocycles. The molecule has 4 nitrogen and oxygen atoms in total. The Morgan fingerprint density at radius 1 is 1.21 bits per heavy atom. The van der Waals surface area contributed by atoms with Gasteiger partial charge in [-0.2, -0.15) is 0 Å². The summed E-state index contributed by atoms with van der Waals surface area (Å²) in [5.74, 6) is -0.859. The van der Waals surface area contributed by atoms with Crippen molar-refractivity contribution < 1.29 is 18.3 Å². The second kappa shape index (κ2) is 6.57. The lowest BCUT2D eigenvalue weighted by atomic mass is 10.0. The van der Waals surface area contributed by atoms with Crippen LogP contribution in [-0.2, 0) is 5.54 Å². The Bertz CT molecular complexity index is 760. The van der Waals surface area contributed by atoms with E-state index in [0.717, 1.165) is 18.2 Å². The third-order valence-corrected chi connectivity index (χ3v) is 4.03. The van der Waals surface area contributed by atoms with Gasteiger partial charge in [0.1, 0.15) is 24.0 Å². The fourth-order valence-electron chi connectivity index (χ4n) is 2.64. The number of nitrogens with one attached hydrogen (secondary N) is 1. The molecule has 0 aromatic heterocycles. The van der Waals surface area contributed by atoms with Crippen LogP contribution in [0.25, 0.3) is 0 Å². The van der Waals surface area contributed by atoms with Gasteiger partial charge in [-0.1, -0.05) is 6.07 Å². The Labute approximate surface area is 138 Å². The van der Waals surface area contributed by atoms with Crippen molar-refractivity contribution in [2.24, 2.45) is 5.73 Å². The Hall–Kier alpha value is -2.47. The predicted octanol–water partition coefficient (Wildman–Crippen LogP) is 2.72. The molecule has 1 aliphatic rings. The maximum atomic E-state index is 14.0. The fraction of sp³-hybridized carbons (Fsp3) is 0.278. The predicted molar refractivity (Wildman–Crippen MR) is 85.7 cm³/mol. The van der Waals surface area contributed by atoms with Crippen LogP contribution in [0.4, 0.5) is 8.78 Å². The highest BCUT2D eigenvalue weighted by Gasteiger charge is 2.47. The van der Waals surface area contributed by atoms with Crippen molar-refractivity contribution in [1.29, 1.82) is 0 Å². The highest BCUT2D eigenvalue weighted by molar-refractivity contribution is 5.95. The summed E-state index contributed by atoms with van der Waals surface area (Å²) in [5, 5.41) is 2.83. The van der Waals surface area contributed by atoms with Crippen molar-refractivity contribution in [2.45, 2.75) is 18.4 Å². The molecule has 1 saturated carbocycles. The summed E-state index contributed by atoms with van der Waals surface area (Å²) in [5.41, 5.74) is 5.13. The monoisotopic (exact) mass is 332 g/mol. The van der Waals surface area contributed by atoms with Gasteiger partial charge in [-0.05, 0) is 49.2 Å². The summed E-state index contributed by atoms with van der Waals surface area (Å²) in [6.45, 7) is 0.724. The van der Waals surface area contributed by atoms with Gasteiger partial charge in [0.05, 0.1) is 5.54 Å². The molecule has 24 heavy (non-hydrogen) atoms. The minimum absolute atomic E-state index is 0.186. The first kappa shape index (κ1) is 16.4. The van der Waals surface area contributed by atoms with Crippen LogP contribution in [0.15, 0.2) is 42.5 Å². The number of carbonyl (C=O) groups is 1. The molecule has 126 valence electrons. The lowest BCUT2D eigenvalue weighted by Gasteiger charge is -2.19. The van der Waals surface area contributed by atoms with E-state index in [2.05, 4.69) is 5.32 Å². The number of ether oxygens (including phenoxy) is 1. The SMILES string of the molecule is NCCOc1cccc(C(=O)NC2(c3cc(F)ccc3F)CC2)c1. The summed E-state index contributed by atoms with van der Waals surface area (Å²) in [4.78, 5) is 12.5. The highest BCUT2D eigenvalue weighted by Crippen LogP contribution is 2.46. The molecule has 0 spiro atoms. The summed E-state index contributed by atoms with van der Waals surface area (Å²) in [7, 11) is 0. The van der Waals surface area contributed by atoms with Gasteiger partial charge in [-0.15, -0.1) is 0 Å². The normalized spacial score (nSPS) is 15.0. The maximum Gasteiger partial charge on any atom is 0.252 e. The van der Waals surface area contributed by atoms with Crippen LogP contribution in [0.5, 0.6) is 5.75 Å². The van der Waals surface area contributed by atoms with Gasteiger partial charge in [-0.25, -0.2) is 8.78 Å². The molecule has 3 rings (SSSR count). The molecule has 0 bridgehead atoms. The quantitative estimate of drug-likeness (QED) is 0.855. The van der Waals surface area contributed by atoms with Crippen molar-refractivity contribution >= 4 is 5.91 Å². The number of carbonyl (C=O) groups excluding carboxylic acids is 1. The Balaban J connectivity index is 1.78. The van der Waals surface area contributed by atoms with E-state index < -0.39 is 17.2 Å². The molecule has 0 radical (unpaired) electrons. The van der Waals surface area contributed by atoms with Crippen LogP contribution in [0.3, 0.4) is 0 Å². The summed E-state index contributed by atoms with van der Waals surface area (Å²) < 4.78 is 32.8. The van der Waals surface area contributed by atoms with Gasteiger partial charge in [0.2, 0.25) is 0 Å². The number of halogens is 2. The standard InChI is InChI=1S/C18H18F2N2O2/c19-13-4-5-16(20)15(11-13)18(6-7-18)22-17(23)12-2-1-3-14(10-12)24-9-8-21/h1-5,10-11H,6-9,21H2,(H,22,23). The molecule has 1 aliphatic carbocycles. The number of benzene rings is 2. The van der Waals surface area contributed by atoms with E-state index in [1.165, 1.54) is 0 Å². The molecule has 1 fully saturated rings. The van der Waals surface area contributed by atoms with E-state index >= 15 is 0 Å². The smallest absolute Gasteiger partial charge is 0.252 e. The molecule has 6 heteroatoms. The van der Waals surface area contributed by atoms with Crippen molar-refractivity contribution in [3.8, 4) is 5.75 Å². The molecule has 0 unspecified atom stereocenters. The minimum Gasteiger partial charge on any atom is -0.492 e. The van der Waals surface area contributed by atoms with Crippen LogP contribution in [0.2, 0.25) is 0 Å². The zero-order chi connectivity index (χ0) is 17.2. The summed E-state index contributed by atoms with van der Waals surface area (Å²) in [6.07, 6.45) is 1.14.